The molecule has 0 aliphatic carbocycles. The van der Waals surface area contributed by atoms with Crippen molar-refractivity contribution in [1.29, 1.82) is 5.26 Å². The van der Waals surface area contributed by atoms with Gasteiger partial charge in [-0.05, 0) is 35.9 Å². The fraction of sp³-hybridized carbons (Fsp3) is 0. The van der Waals surface area contributed by atoms with Crippen molar-refractivity contribution < 1.29 is 9.72 Å². The maximum absolute atomic E-state index is 12.5. The third-order valence-corrected chi connectivity index (χ3v) is 5.53. The summed E-state index contributed by atoms with van der Waals surface area (Å²) in [5.74, 6) is -0.646. The van der Waals surface area contributed by atoms with E-state index in [2.05, 4.69) is 5.32 Å². The highest BCUT2D eigenvalue weighted by Crippen LogP contribution is 2.32. The SMILES string of the molecule is N#C/C(=C\c1ccc(-c2cccc([N+](=O)[O-])c2)s1)C(=O)Nc1c(Cl)cccc1Cl. The minimum Gasteiger partial charge on any atom is -0.319 e. The maximum atomic E-state index is 12.5. The van der Waals surface area contributed by atoms with Gasteiger partial charge in [-0.25, -0.2) is 0 Å². The molecule has 0 spiro atoms. The Morgan fingerprint density at radius 3 is 2.48 bits per heavy atom. The molecule has 0 aliphatic rings. The molecule has 3 aromatic rings. The summed E-state index contributed by atoms with van der Waals surface area (Å²) in [6, 6.07) is 16.4. The van der Waals surface area contributed by atoms with E-state index in [1.165, 1.54) is 29.5 Å². The normalized spacial score (nSPS) is 11.0. The lowest BCUT2D eigenvalue weighted by atomic mass is 10.1. The lowest BCUT2D eigenvalue weighted by molar-refractivity contribution is -0.384. The number of carbonyl (C=O) groups is 1. The van der Waals surface area contributed by atoms with Gasteiger partial charge in [-0.15, -0.1) is 11.3 Å². The number of nitrogens with zero attached hydrogens (tertiary/aromatic N) is 2. The highest BCUT2D eigenvalue weighted by atomic mass is 35.5. The highest BCUT2D eigenvalue weighted by molar-refractivity contribution is 7.16. The van der Waals surface area contributed by atoms with Gasteiger partial charge in [-0.1, -0.05) is 41.4 Å². The minimum atomic E-state index is -0.646. The van der Waals surface area contributed by atoms with Gasteiger partial charge in [0.15, 0.2) is 0 Å². The number of nitro groups is 1. The largest absolute Gasteiger partial charge is 0.319 e. The van der Waals surface area contributed by atoms with Crippen LogP contribution in [-0.4, -0.2) is 10.8 Å². The van der Waals surface area contributed by atoms with Crippen LogP contribution in [0.5, 0.6) is 0 Å². The second-order valence-electron chi connectivity index (χ2n) is 5.73. The molecule has 1 aromatic heterocycles. The van der Waals surface area contributed by atoms with E-state index in [4.69, 9.17) is 23.2 Å². The summed E-state index contributed by atoms with van der Waals surface area (Å²) >= 11 is 13.4. The molecule has 0 bridgehead atoms. The fourth-order valence-electron chi connectivity index (χ4n) is 2.45. The number of nitriles is 1. The van der Waals surface area contributed by atoms with Gasteiger partial charge >= 0.3 is 0 Å². The van der Waals surface area contributed by atoms with Crippen molar-refractivity contribution in [2.24, 2.45) is 0 Å². The summed E-state index contributed by atoms with van der Waals surface area (Å²) < 4.78 is 0. The first-order valence-corrected chi connectivity index (χ1v) is 9.68. The van der Waals surface area contributed by atoms with E-state index < -0.39 is 10.8 Å². The van der Waals surface area contributed by atoms with Crippen LogP contribution in [0.15, 0.2) is 60.2 Å². The van der Waals surface area contributed by atoms with Crippen LogP contribution in [0, 0.1) is 21.4 Å². The minimum absolute atomic E-state index is 0.0123. The van der Waals surface area contributed by atoms with Gasteiger partial charge in [0.1, 0.15) is 11.6 Å². The number of non-ortho nitro benzene ring substituents is 1. The predicted molar refractivity (Wildman–Crippen MR) is 115 cm³/mol. The highest BCUT2D eigenvalue weighted by Gasteiger charge is 2.15. The number of para-hydroxylation sites is 1. The van der Waals surface area contributed by atoms with Crippen molar-refractivity contribution in [3.8, 4) is 16.5 Å². The van der Waals surface area contributed by atoms with Crippen molar-refractivity contribution in [2.75, 3.05) is 5.32 Å². The first-order chi connectivity index (χ1) is 13.9. The number of carbonyl (C=O) groups excluding carboxylic acids is 1. The molecular formula is C20H11Cl2N3O3S. The Morgan fingerprint density at radius 1 is 1.14 bits per heavy atom. The number of benzene rings is 2. The first-order valence-electron chi connectivity index (χ1n) is 8.11. The summed E-state index contributed by atoms with van der Waals surface area (Å²) in [6.07, 6.45) is 1.44. The molecule has 1 amide bonds. The number of nitrogens with one attached hydrogen (secondary N) is 1. The van der Waals surface area contributed by atoms with Crippen LogP contribution in [0.25, 0.3) is 16.5 Å². The zero-order valence-electron chi connectivity index (χ0n) is 14.6. The summed E-state index contributed by atoms with van der Waals surface area (Å²) in [6.45, 7) is 0. The zero-order chi connectivity index (χ0) is 21.0. The van der Waals surface area contributed by atoms with Gasteiger partial charge in [0.05, 0.1) is 20.7 Å². The Kier molecular flexibility index (Phi) is 6.29. The number of amides is 1. The first kappa shape index (κ1) is 20.6. The second-order valence-corrected chi connectivity index (χ2v) is 7.66. The summed E-state index contributed by atoms with van der Waals surface area (Å²) in [5, 5.41) is 23.4. The molecule has 144 valence electrons. The van der Waals surface area contributed by atoms with E-state index in [0.717, 1.165) is 4.88 Å². The molecule has 3 rings (SSSR count). The smallest absolute Gasteiger partial charge is 0.270 e. The van der Waals surface area contributed by atoms with Gasteiger partial charge in [0, 0.05) is 21.9 Å². The fourth-order valence-corrected chi connectivity index (χ4v) is 3.89. The third-order valence-electron chi connectivity index (χ3n) is 3.82. The molecule has 0 unspecified atom stereocenters. The van der Waals surface area contributed by atoms with E-state index in [0.29, 0.717) is 10.4 Å². The van der Waals surface area contributed by atoms with Crippen molar-refractivity contribution in [1.82, 2.24) is 0 Å². The maximum Gasteiger partial charge on any atom is 0.270 e. The lowest BCUT2D eigenvalue weighted by Gasteiger charge is -2.08. The number of halogens is 2. The average Bonchev–Trinajstić information content (AvgIpc) is 3.17. The standard InChI is InChI=1S/C20H11Cl2N3O3S/c21-16-5-2-6-17(22)19(16)24-20(26)13(11-23)10-15-7-8-18(29-15)12-3-1-4-14(9-12)25(27)28/h1-10H,(H,24,26)/b13-10+. The third kappa shape index (κ3) is 4.81. The molecule has 9 heteroatoms. The Bertz CT molecular complexity index is 1160. The van der Waals surface area contributed by atoms with Crippen LogP contribution >= 0.6 is 34.5 Å². The zero-order valence-corrected chi connectivity index (χ0v) is 16.9. The van der Waals surface area contributed by atoms with Crippen LogP contribution < -0.4 is 5.32 Å². The predicted octanol–water partition coefficient (Wildman–Crippen LogP) is 6.18. The molecule has 0 atom stereocenters. The number of rotatable bonds is 5. The van der Waals surface area contributed by atoms with Crippen LogP contribution in [0.1, 0.15) is 4.88 Å². The Hall–Kier alpha value is -3.18. The molecule has 29 heavy (non-hydrogen) atoms. The van der Waals surface area contributed by atoms with Crippen LogP contribution in [0.4, 0.5) is 11.4 Å². The van der Waals surface area contributed by atoms with Gasteiger partial charge in [0.2, 0.25) is 0 Å². The Labute approximate surface area is 179 Å². The van der Waals surface area contributed by atoms with E-state index in [-0.39, 0.29) is 27.0 Å². The molecule has 2 aromatic carbocycles. The number of hydrogen-bond acceptors (Lipinski definition) is 5. The van der Waals surface area contributed by atoms with E-state index in [1.807, 2.05) is 6.07 Å². The number of thiophene rings is 1. The second kappa shape index (κ2) is 8.88. The van der Waals surface area contributed by atoms with Crippen LogP contribution in [0.2, 0.25) is 10.0 Å². The monoisotopic (exact) mass is 443 g/mol. The van der Waals surface area contributed by atoms with E-state index in [9.17, 15) is 20.2 Å². The van der Waals surface area contributed by atoms with Crippen molar-refractivity contribution in [3.05, 3.63) is 85.2 Å². The van der Waals surface area contributed by atoms with Gasteiger partial charge in [-0.3, -0.25) is 14.9 Å². The van der Waals surface area contributed by atoms with Gasteiger partial charge < -0.3 is 5.32 Å². The topological polar surface area (TPSA) is 96.0 Å². The van der Waals surface area contributed by atoms with Crippen molar-refractivity contribution in [3.63, 3.8) is 0 Å². The van der Waals surface area contributed by atoms with E-state index in [1.54, 1.807) is 42.5 Å². The van der Waals surface area contributed by atoms with E-state index >= 15 is 0 Å². The Balaban J connectivity index is 1.85. The summed E-state index contributed by atoms with van der Waals surface area (Å²) in [4.78, 5) is 24.4. The molecule has 0 fully saturated rings. The molecular weight excluding hydrogens is 433 g/mol. The molecule has 0 radical (unpaired) electrons. The van der Waals surface area contributed by atoms with Crippen LogP contribution in [-0.2, 0) is 4.79 Å². The molecule has 0 aliphatic heterocycles. The molecule has 1 N–H and O–H groups in total. The van der Waals surface area contributed by atoms with Gasteiger partial charge in [-0.2, -0.15) is 5.26 Å². The molecule has 0 saturated heterocycles. The average molecular weight is 444 g/mol. The summed E-state index contributed by atoms with van der Waals surface area (Å²) in [5.41, 5.74) is 0.759. The van der Waals surface area contributed by atoms with Gasteiger partial charge in [0.25, 0.3) is 11.6 Å². The number of hydrogen-bond donors (Lipinski definition) is 1. The molecule has 1 heterocycles. The van der Waals surface area contributed by atoms with Crippen molar-refractivity contribution >= 4 is 57.9 Å². The quantitative estimate of drug-likeness (QED) is 0.220. The molecule has 0 saturated carbocycles. The molecule has 6 nitrogen and oxygen atoms in total. The number of anilines is 1. The number of nitro benzene ring substituents is 1. The Morgan fingerprint density at radius 2 is 1.83 bits per heavy atom. The van der Waals surface area contributed by atoms with Crippen molar-refractivity contribution in [2.45, 2.75) is 0 Å². The lowest BCUT2D eigenvalue weighted by Crippen LogP contribution is -2.14. The summed E-state index contributed by atoms with van der Waals surface area (Å²) in [7, 11) is 0. The van der Waals surface area contributed by atoms with Crippen LogP contribution in [0.3, 0.4) is 0 Å².